The molecule has 1 aromatic rings. The standard InChI is InChI=1S/C13H16N2O2/c1-8(2)6-9-4-3-5-10(7-9)11-12(16)15-13(17)14-11/h3-5,7-8,11H,6H2,1-2H3,(H2,14,15,16,17). The summed E-state index contributed by atoms with van der Waals surface area (Å²) in [6.45, 7) is 4.30. The topological polar surface area (TPSA) is 58.2 Å². The Balaban J connectivity index is 2.21. The second-order valence-corrected chi connectivity index (χ2v) is 4.74. The Kier molecular flexibility index (Phi) is 3.13. The van der Waals surface area contributed by atoms with Crippen molar-refractivity contribution >= 4 is 11.9 Å². The number of urea groups is 1. The first-order valence-electron chi connectivity index (χ1n) is 5.76. The quantitative estimate of drug-likeness (QED) is 0.780. The summed E-state index contributed by atoms with van der Waals surface area (Å²) in [7, 11) is 0. The summed E-state index contributed by atoms with van der Waals surface area (Å²) < 4.78 is 0. The van der Waals surface area contributed by atoms with Crippen molar-refractivity contribution in [2.75, 3.05) is 0 Å². The van der Waals surface area contributed by atoms with Crippen molar-refractivity contribution in [1.82, 2.24) is 10.6 Å². The zero-order valence-electron chi connectivity index (χ0n) is 9.99. The molecule has 1 fully saturated rings. The SMILES string of the molecule is CC(C)Cc1cccc(C2NC(=O)NC2=O)c1. The number of carbonyl (C=O) groups excluding carboxylic acids is 2. The number of rotatable bonds is 3. The first kappa shape index (κ1) is 11.6. The van der Waals surface area contributed by atoms with Gasteiger partial charge >= 0.3 is 6.03 Å². The lowest BCUT2D eigenvalue weighted by atomic mass is 9.98. The van der Waals surface area contributed by atoms with Gasteiger partial charge in [-0.15, -0.1) is 0 Å². The molecular formula is C13H16N2O2. The van der Waals surface area contributed by atoms with Gasteiger partial charge in [0.2, 0.25) is 0 Å². The average Bonchev–Trinajstić information content (AvgIpc) is 2.57. The summed E-state index contributed by atoms with van der Waals surface area (Å²) in [6, 6.07) is 6.84. The first-order valence-corrected chi connectivity index (χ1v) is 5.76. The molecule has 0 spiro atoms. The van der Waals surface area contributed by atoms with E-state index in [0.717, 1.165) is 12.0 Å². The van der Waals surface area contributed by atoms with Gasteiger partial charge in [0.25, 0.3) is 5.91 Å². The van der Waals surface area contributed by atoms with Gasteiger partial charge in [-0.2, -0.15) is 0 Å². The van der Waals surface area contributed by atoms with Gasteiger partial charge in [0.1, 0.15) is 6.04 Å². The van der Waals surface area contributed by atoms with E-state index >= 15 is 0 Å². The lowest BCUT2D eigenvalue weighted by molar-refractivity contribution is -0.120. The Hall–Kier alpha value is -1.84. The molecule has 2 N–H and O–H groups in total. The van der Waals surface area contributed by atoms with E-state index in [1.165, 1.54) is 5.56 Å². The number of carbonyl (C=O) groups is 2. The molecule has 4 heteroatoms. The second-order valence-electron chi connectivity index (χ2n) is 4.74. The fourth-order valence-corrected chi connectivity index (χ4v) is 2.02. The second kappa shape index (κ2) is 4.57. The Bertz CT molecular complexity index is 454. The molecule has 2 rings (SSSR count). The molecule has 1 aliphatic rings. The monoisotopic (exact) mass is 232 g/mol. The minimum atomic E-state index is -0.547. The third-order valence-electron chi connectivity index (χ3n) is 2.70. The summed E-state index contributed by atoms with van der Waals surface area (Å²) in [4.78, 5) is 22.6. The van der Waals surface area contributed by atoms with Crippen molar-refractivity contribution < 1.29 is 9.59 Å². The van der Waals surface area contributed by atoms with Crippen molar-refractivity contribution in [2.24, 2.45) is 5.92 Å². The molecule has 0 aromatic heterocycles. The van der Waals surface area contributed by atoms with Gasteiger partial charge in [-0.3, -0.25) is 10.1 Å². The number of imide groups is 1. The van der Waals surface area contributed by atoms with E-state index in [9.17, 15) is 9.59 Å². The zero-order chi connectivity index (χ0) is 12.4. The van der Waals surface area contributed by atoms with E-state index in [1.54, 1.807) is 0 Å². The van der Waals surface area contributed by atoms with Gasteiger partial charge in [-0.1, -0.05) is 38.1 Å². The highest BCUT2D eigenvalue weighted by molar-refractivity contribution is 6.04. The molecule has 0 radical (unpaired) electrons. The molecule has 0 aliphatic carbocycles. The largest absolute Gasteiger partial charge is 0.322 e. The Morgan fingerprint density at radius 3 is 2.65 bits per heavy atom. The number of nitrogens with one attached hydrogen (secondary N) is 2. The van der Waals surface area contributed by atoms with Gasteiger partial charge in [0, 0.05) is 0 Å². The molecule has 1 heterocycles. The van der Waals surface area contributed by atoms with Crippen LogP contribution in [-0.2, 0) is 11.2 Å². The maximum Gasteiger partial charge on any atom is 0.322 e. The van der Waals surface area contributed by atoms with Crippen LogP contribution in [0.15, 0.2) is 24.3 Å². The fourth-order valence-electron chi connectivity index (χ4n) is 2.02. The molecule has 1 aliphatic heterocycles. The zero-order valence-corrected chi connectivity index (χ0v) is 9.99. The Morgan fingerprint density at radius 1 is 1.29 bits per heavy atom. The predicted octanol–water partition coefficient (Wildman–Crippen LogP) is 1.77. The highest BCUT2D eigenvalue weighted by atomic mass is 16.2. The highest BCUT2D eigenvalue weighted by Crippen LogP contribution is 2.19. The van der Waals surface area contributed by atoms with E-state index in [4.69, 9.17) is 0 Å². The van der Waals surface area contributed by atoms with Crippen LogP contribution in [0.25, 0.3) is 0 Å². The van der Waals surface area contributed by atoms with E-state index in [-0.39, 0.29) is 5.91 Å². The van der Waals surface area contributed by atoms with Gasteiger partial charge < -0.3 is 5.32 Å². The van der Waals surface area contributed by atoms with Crippen LogP contribution in [0.3, 0.4) is 0 Å². The molecule has 0 saturated carbocycles. The van der Waals surface area contributed by atoms with Crippen LogP contribution in [0.4, 0.5) is 4.79 Å². The van der Waals surface area contributed by atoms with E-state index in [2.05, 4.69) is 24.5 Å². The third-order valence-corrected chi connectivity index (χ3v) is 2.70. The lowest BCUT2D eigenvalue weighted by Crippen LogP contribution is -2.22. The smallest absolute Gasteiger partial charge is 0.322 e. The minimum absolute atomic E-state index is 0.281. The Morgan fingerprint density at radius 2 is 2.06 bits per heavy atom. The molecule has 1 atom stereocenters. The summed E-state index contributed by atoms with van der Waals surface area (Å²) in [5.74, 6) is 0.286. The fraction of sp³-hybridized carbons (Fsp3) is 0.385. The maximum absolute atomic E-state index is 11.5. The maximum atomic E-state index is 11.5. The van der Waals surface area contributed by atoms with Gasteiger partial charge in [-0.05, 0) is 23.5 Å². The van der Waals surface area contributed by atoms with Crippen LogP contribution in [-0.4, -0.2) is 11.9 Å². The molecular weight excluding hydrogens is 216 g/mol. The predicted molar refractivity (Wildman–Crippen MR) is 64.4 cm³/mol. The van der Waals surface area contributed by atoms with Crippen LogP contribution < -0.4 is 10.6 Å². The first-order chi connectivity index (χ1) is 8.06. The number of benzene rings is 1. The molecule has 0 bridgehead atoms. The normalized spacial score (nSPS) is 19.4. The van der Waals surface area contributed by atoms with Gasteiger partial charge in [-0.25, -0.2) is 4.79 Å². The minimum Gasteiger partial charge on any atom is -0.322 e. The van der Waals surface area contributed by atoms with E-state index in [0.29, 0.717) is 5.92 Å². The molecule has 17 heavy (non-hydrogen) atoms. The average molecular weight is 232 g/mol. The van der Waals surface area contributed by atoms with Crippen LogP contribution in [0, 0.1) is 5.92 Å². The van der Waals surface area contributed by atoms with E-state index in [1.807, 2.05) is 24.3 Å². The van der Waals surface area contributed by atoms with Crippen molar-refractivity contribution in [2.45, 2.75) is 26.3 Å². The summed E-state index contributed by atoms with van der Waals surface area (Å²) in [5.41, 5.74) is 2.03. The van der Waals surface area contributed by atoms with Crippen LogP contribution in [0.5, 0.6) is 0 Å². The number of hydrogen-bond acceptors (Lipinski definition) is 2. The number of amides is 3. The summed E-state index contributed by atoms with van der Waals surface area (Å²) in [6.07, 6.45) is 0.968. The molecule has 1 saturated heterocycles. The summed E-state index contributed by atoms with van der Waals surface area (Å²) in [5, 5.41) is 4.84. The van der Waals surface area contributed by atoms with Crippen molar-refractivity contribution in [3.63, 3.8) is 0 Å². The third kappa shape index (κ3) is 2.64. The van der Waals surface area contributed by atoms with Crippen LogP contribution in [0.2, 0.25) is 0 Å². The molecule has 1 aromatic carbocycles. The van der Waals surface area contributed by atoms with Crippen molar-refractivity contribution in [3.8, 4) is 0 Å². The lowest BCUT2D eigenvalue weighted by Gasteiger charge is -2.10. The molecule has 4 nitrogen and oxygen atoms in total. The van der Waals surface area contributed by atoms with Crippen LogP contribution >= 0.6 is 0 Å². The van der Waals surface area contributed by atoms with Crippen LogP contribution in [0.1, 0.15) is 31.0 Å². The van der Waals surface area contributed by atoms with Crippen molar-refractivity contribution in [1.29, 1.82) is 0 Å². The Labute approximate surface area is 100 Å². The van der Waals surface area contributed by atoms with Crippen molar-refractivity contribution in [3.05, 3.63) is 35.4 Å². The van der Waals surface area contributed by atoms with Gasteiger partial charge in [0.05, 0.1) is 0 Å². The highest BCUT2D eigenvalue weighted by Gasteiger charge is 2.30. The molecule has 3 amide bonds. The molecule has 1 unspecified atom stereocenters. The van der Waals surface area contributed by atoms with Gasteiger partial charge in [0.15, 0.2) is 0 Å². The van der Waals surface area contributed by atoms with E-state index < -0.39 is 12.1 Å². The number of hydrogen-bond donors (Lipinski definition) is 2. The summed E-state index contributed by atoms with van der Waals surface area (Å²) >= 11 is 0. The molecule has 90 valence electrons.